The number of benzene rings is 1. The molecule has 0 saturated carbocycles. The number of H-pyrrole nitrogens is 1. The number of rotatable bonds is 2. The Bertz CT molecular complexity index is 1260. The fourth-order valence-electron chi connectivity index (χ4n) is 5.78. The van der Waals surface area contributed by atoms with Crippen LogP contribution in [-0.2, 0) is 4.74 Å². The van der Waals surface area contributed by atoms with E-state index in [1.54, 1.807) is 6.20 Å². The van der Waals surface area contributed by atoms with E-state index >= 15 is 0 Å². The molecule has 1 amide bonds. The van der Waals surface area contributed by atoms with Crippen LogP contribution < -0.4 is 5.56 Å². The highest BCUT2D eigenvalue weighted by Gasteiger charge is 2.33. The van der Waals surface area contributed by atoms with Crippen molar-refractivity contribution in [1.29, 1.82) is 0 Å². The van der Waals surface area contributed by atoms with Crippen molar-refractivity contribution in [2.45, 2.75) is 44.7 Å². The number of fused-ring (bicyclic) bond motifs is 4. The fraction of sp³-hybridized carbons (Fsp3) is 0.542. The first-order valence-corrected chi connectivity index (χ1v) is 11.7. The van der Waals surface area contributed by atoms with Gasteiger partial charge >= 0.3 is 0 Å². The summed E-state index contributed by atoms with van der Waals surface area (Å²) in [6, 6.07) is 4.61. The van der Waals surface area contributed by atoms with Gasteiger partial charge in [0.05, 0.1) is 28.7 Å². The molecule has 3 aliphatic rings. The third-order valence-electron chi connectivity index (χ3n) is 7.55. The van der Waals surface area contributed by atoms with Crippen molar-refractivity contribution in [2.24, 2.45) is 0 Å². The molecular formula is C24H29N5O3. The van der Waals surface area contributed by atoms with Gasteiger partial charge in [0.2, 0.25) is 0 Å². The number of piperazine rings is 1. The van der Waals surface area contributed by atoms with Crippen LogP contribution in [0.15, 0.2) is 23.1 Å². The number of aromatic amines is 1. The summed E-state index contributed by atoms with van der Waals surface area (Å²) in [5, 5.41) is 6.05. The van der Waals surface area contributed by atoms with Gasteiger partial charge in [-0.05, 0) is 56.8 Å². The number of pyridine rings is 1. The Balaban J connectivity index is 1.45. The van der Waals surface area contributed by atoms with Crippen molar-refractivity contribution < 1.29 is 9.53 Å². The van der Waals surface area contributed by atoms with E-state index in [0.29, 0.717) is 24.6 Å². The maximum atomic E-state index is 13.6. The van der Waals surface area contributed by atoms with Gasteiger partial charge in [0.25, 0.3) is 11.5 Å². The minimum atomic E-state index is -0.137. The molecule has 1 atom stereocenters. The van der Waals surface area contributed by atoms with Gasteiger partial charge in [-0.25, -0.2) is 0 Å². The van der Waals surface area contributed by atoms with Crippen LogP contribution in [0.4, 0.5) is 0 Å². The average molecular weight is 436 g/mol. The first kappa shape index (κ1) is 19.9. The van der Waals surface area contributed by atoms with Gasteiger partial charge in [0, 0.05) is 49.8 Å². The van der Waals surface area contributed by atoms with Crippen LogP contribution in [0.25, 0.3) is 21.8 Å². The predicted octanol–water partition coefficient (Wildman–Crippen LogP) is 2.46. The molecule has 0 radical (unpaired) electrons. The molecule has 2 aromatic heterocycles. The number of carbonyl (C=O) groups is 1. The Hall–Kier alpha value is -2.71. The lowest BCUT2D eigenvalue weighted by molar-refractivity contribution is 0.0571. The predicted molar refractivity (Wildman–Crippen MR) is 122 cm³/mol. The third kappa shape index (κ3) is 3.16. The van der Waals surface area contributed by atoms with Crippen LogP contribution in [-0.4, -0.2) is 75.9 Å². The van der Waals surface area contributed by atoms with Crippen molar-refractivity contribution in [2.75, 3.05) is 39.4 Å². The summed E-state index contributed by atoms with van der Waals surface area (Å²) in [7, 11) is 0. The quantitative estimate of drug-likeness (QED) is 0.669. The van der Waals surface area contributed by atoms with Crippen LogP contribution in [0.2, 0.25) is 0 Å². The summed E-state index contributed by atoms with van der Waals surface area (Å²) >= 11 is 0. The number of aromatic nitrogens is 3. The lowest BCUT2D eigenvalue weighted by Crippen LogP contribution is -2.52. The van der Waals surface area contributed by atoms with Crippen LogP contribution >= 0.6 is 0 Å². The molecule has 32 heavy (non-hydrogen) atoms. The van der Waals surface area contributed by atoms with Gasteiger partial charge in [-0.15, -0.1) is 0 Å². The lowest BCUT2D eigenvalue weighted by atomic mass is 10.0. The van der Waals surface area contributed by atoms with Gasteiger partial charge in [0.1, 0.15) is 0 Å². The van der Waals surface area contributed by atoms with Crippen molar-refractivity contribution in [3.63, 3.8) is 0 Å². The molecule has 1 N–H and O–H groups in total. The first-order valence-electron chi connectivity index (χ1n) is 11.7. The molecular weight excluding hydrogens is 406 g/mol. The van der Waals surface area contributed by atoms with E-state index in [1.165, 1.54) is 12.8 Å². The number of ether oxygens (including phenoxy) is 1. The number of hydrogen-bond acceptors (Lipinski definition) is 5. The van der Waals surface area contributed by atoms with E-state index in [2.05, 4.69) is 15.0 Å². The summed E-state index contributed by atoms with van der Waals surface area (Å²) in [5.41, 5.74) is 3.05. The molecule has 3 fully saturated rings. The largest absolute Gasteiger partial charge is 0.381 e. The Morgan fingerprint density at radius 3 is 2.78 bits per heavy atom. The number of carbonyl (C=O) groups excluding carboxylic acids is 1. The van der Waals surface area contributed by atoms with Gasteiger partial charge in [-0.1, -0.05) is 0 Å². The number of aryl methyl sites for hydroxylation is 1. The van der Waals surface area contributed by atoms with Gasteiger partial charge < -0.3 is 14.6 Å². The second-order valence-corrected chi connectivity index (χ2v) is 9.44. The fourth-order valence-corrected chi connectivity index (χ4v) is 5.78. The zero-order valence-electron chi connectivity index (χ0n) is 18.5. The lowest BCUT2D eigenvalue weighted by Gasteiger charge is -2.37. The Morgan fingerprint density at radius 2 is 1.94 bits per heavy atom. The van der Waals surface area contributed by atoms with Crippen molar-refractivity contribution in [3.05, 3.63) is 39.8 Å². The molecule has 8 nitrogen and oxygen atoms in total. The van der Waals surface area contributed by atoms with Crippen LogP contribution in [0.3, 0.4) is 0 Å². The number of hydrogen-bond donors (Lipinski definition) is 1. The van der Waals surface area contributed by atoms with Crippen LogP contribution in [0.5, 0.6) is 0 Å². The minimum absolute atomic E-state index is 0.0902. The van der Waals surface area contributed by atoms with E-state index in [1.807, 2.05) is 28.6 Å². The van der Waals surface area contributed by atoms with Crippen molar-refractivity contribution >= 4 is 27.7 Å². The molecule has 168 valence electrons. The Kier molecular flexibility index (Phi) is 4.80. The summed E-state index contributed by atoms with van der Waals surface area (Å²) in [6.07, 6.45) is 5.79. The zero-order valence-corrected chi connectivity index (χ0v) is 18.5. The minimum Gasteiger partial charge on any atom is -0.381 e. The molecule has 6 rings (SSSR count). The highest BCUT2D eigenvalue weighted by molar-refractivity contribution is 6.07. The van der Waals surface area contributed by atoms with E-state index in [4.69, 9.17) is 4.74 Å². The monoisotopic (exact) mass is 435 g/mol. The standard InChI is InChI=1S/C24H29N5O3/c1-15-11-21-19(12-18(15)24(31)28-8-7-27-6-2-3-17(27)14-28)22-20(23(30)26-21)13-25-29(22)16-4-9-32-10-5-16/h11-13,16-17H,2-10,14H2,1H3,(H,26,30). The molecule has 0 spiro atoms. The number of amides is 1. The molecule has 8 heteroatoms. The summed E-state index contributed by atoms with van der Waals surface area (Å²) in [5.74, 6) is 0.0902. The normalized spacial score (nSPS) is 22.7. The summed E-state index contributed by atoms with van der Waals surface area (Å²) < 4.78 is 7.50. The average Bonchev–Trinajstić information content (AvgIpc) is 3.46. The molecule has 0 bridgehead atoms. The second-order valence-electron chi connectivity index (χ2n) is 9.44. The molecule has 3 saturated heterocycles. The van der Waals surface area contributed by atoms with Gasteiger partial charge in [-0.3, -0.25) is 19.2 Å². The van der Waals surface area contributed by atoms with Crippen LogP contribution in [0.1, 0.15) is 47.6 Å². The first-order chi connectivity index (χ1) is 15.6. The van der Waals surface area contributed by atoms with Crippen LogP contribution in [0, 0.1) is 6.92 Å². The second kappa shape index (κ2) is 7.71. The van der Waals surface area contributed by atoms with E-state index < -0.39 is 0 Å². The molecule has 1 unspecified atom stereocenters. The highest BCUT2D eigenvalue weighted by atomic mass is 16.5. The molecule has 0 aliphatic carbocycles. The van der Waals surface area contributed by atoms with Crippen molar-refractivity contribution in [1.82, 2.24) is 24.6 Å². The SMILES string of the molecule is Cc1cc2[nH]c(=O)c3cnn(C4CCOCC4)c3c2cc1C(=O)N1CCN2CCCC2C1. The Labute approximate surface area is 186 Å². The van der Waals surface area contributed by atoms with Gasteiger partial charge in [0.15, 0.2) is 0 Å². The third-order valence-corrected chi connectivity index (χ3v) is 7.55. The number of nitrogens with zero attached hydrogens (tertiary/aromatic N) is 4. The van der Waals surface area contributed by atoms with E-state index in [0.717, 1.165) is 66.6 Å². The zero-order chi connectivity index (χ0) is 21.8. The molecule has 5 heterocycles. The Morgan fingerprint density at radius 1 is 1.09 bits per heavy atom. The smallest absolute Gasteiger partial charge is 0.259 e. The maximum absolute atomic E-state index is 13.6. The topological polar surface area (TPSA) is 83.5 Å². The molecule has 3 aliphatic heterocycles. The molecule has 1 aromatic carbocycles. The highest BCUT2D eigenvalue weighted by Crippen LogP contribution is 2.31. The summed E-state index contributed by atoms with van der Waals surface area (Å²) in [6.45, 7) is 7.04. The number of nitrogens with one attached hydrogen (secondary N) is 1. The van der Waals surface area contributed by atoms with E-state index in [-0.39, 0.29) is 17.5 Å². The van der Waals surface area contributed by atoms with Crippen molar-refractivity contribution in [3.8, 4) is 0 Å². The summed E-state index contributed by atoms with van der Waals surface area (Å²) in [4.78, 5) is 33.9. The maximum Gasteiger partial charge on any atom is 0.259 e. The van der Waals surface area contributed by atoms with Gasteiger partial charge in [-0.2, -0.15) is 5.10 Å². The van der Waals surface area contributed by atoms with E-state index in [9.17, 15) is 9.59 Å². The molecule has 3 aromatic rings.